The number of aliphatic hydroxyl groups is 1. The molecular weight excluding hydrogens is 208 g/mol. The summed E-state index contributed by atoms with van der Waals surface area (Å²) in [4.78, 5) is 0. The molecule has 0 amide bonds. The van der Waals surface area contributed by atoms with Crippen LogP contribution in [0.3, 0.4) is 0 Å². The number of rotatable bonds is 3. The summed E-state index contributed by atoms with van der Waals surface area (Å²) < 4.78 is 0. The molecule has 0 saturated heterocycles. The number of hydrogen-bond donors (Lipinski definition) is 1. The third kappa shape index (κ3) is 3.22. The van der Waals surface area contributed by atoms with Gasteiger partial charge in [0, 0.05) is 0 Å². The molecule has 0 heterocycles. The maximum atomic E-state index is 10.4. The average molecular weight is 234 g/mol. The quantitative estimate of drug-likeness (QED) is 0.562. The predicted octanol–water partition coefficient (Wildman–Crippen LogP) is 4.52. The van der Waals surface area contributed by atoms with E-state index in [0.717, 1.165) is 19.3 Å². The third-order valence-corrected chi connectivity index (χ3v) is 4.24. The Kier molecular flexibility index (Phi) is 4.85. The van der Waals surface area contributed by atoms with Crippen molar-refractivity contribution >= 4 is 0 Å². The van der Waals surface area contributed by atoms with Crippen LogP contribution in [-0.4, -0.2) is 11.2 Å². The topological polar surface area (TPSA) is 20.2 Å². The molecule has 2 fully saturated rings. The zero-order chi connectivity index (χ0) is 12.1. The molecule has 0 aromatic carbocycles. The Hall–Kier alpha value is -0.560. The molecule has 2 rings (SSSR count). The van der Waals surface area contributed by atoms with Crippen LogP contribution >= 0.6 is 0 Å². The van der Waals surface area contributed by atoms with Crippen molar-refractivity contribution in [2.45, 2.75) is 77.2 Å². The predicted molar refractivity (Wildman–Crippen MR) is 73.0 cm³/mol. The van der Waals surface area contributed by atoms with Gasteiger partial charge in [0.1, 0.15) is 0 Å². The molecule has 0 bridgehead atoms. The standard InChI is InChI=1S/C16H26O/c1-2-3-5-10-14-11-12-15(16(14)17)13-8-6-4-7-9-13/h10,16-17H,2-9,11-12H2,1H3. The fraction of sp³-hybridized carbons (Fsp3) is 0.750. The van der Waals surface area contributed by atoms with Crippen LogP contribution in [0.15, 0.2) is 22.8 Å². The first kappa shape index (κ1) is 12.9. The fourth-order valence-electron chi connectivity index (χ4n) is 3.15. The van der Waals surface area contributed by atoms with Crippen LogP contribution in [0, 0.1) is 0 Å². The Morgan fingerprint density at radius 3 is 2.59 bits per heavy atom. The van der Waals surface area contributed by atoms with Gasteiger partial charge in [-0.05, 0) is 56.1 Å². The smallest absolute Gasteiger partial charge is 0.0963 e. The second kappa shape index (κ2) is 6.39. The summed E-state index contributed by atoms with van der Waals surface area (Å²) >= 11 is 0. The minimum absolute atomic E-state index is 0.222. The summed E-state index contributed by atoms with van der Waals surface area (Å²) in [6.07, 6.45) is 14.5. The summed E-state index contributed by atoms with van der Waals surface area (Å²) in [5.41, 5.74) is 4.27. The van der Waals surface area contributed by atoms with Crippen LogP contribution in [0.25, 0.3) is 0 Å². The van der Waals surface area contributed by atoms with Crippen molar-refractivity contribution in [3.63, 3.8) is 0 Å². The lowest BCUT2D eigenvalue weighted by Gasteiger charge is -2.18. The Morgan fingerprint density at radius 2 is 1.88 bits per heavy atom. The van der Waals surface area contributed by atoms with Gasteiger partial charge in [-0.3, -0.25) is 0 Å². The Balaban J connectivity index is 2.01. The monoisotopic (exact) mass is 234 g/mol. The summed E-state index contributed by atoms with van der Waals surface area (Å²) in [6.45, 7) is 2.22. The summed E-state index contributed by atoms with van der Waals surface area (Å²) in [7, 11) is 0. The molecule has 0 aliphatic heterocycles. The highest BCUT2D eigenvalue weighted by atomic mass is 16.3. The summed E-state index contributed by atoms with van der Waals surface area (Å²) in [5, 5.41) is 10.4. The number of aliphatic hydroxyl groups excluding tert-OH is 1. The van der Waals surface area contributed by atoms with E-state index in [-0.39, 0.29) is 6.10 Å². The van der Waals surface area contributed by atoms with E-state index in [4.69, 9.17) is 0 Å². The van der Waals surface area contributed by atoms with Crippen molar-refractivity contribution in [2.24, 2.45) is 0 Å². The van der Waals surface area contributed by atoms with Crippen molar-refractivity contribution < 1.29 is 5.11 Å². The van der Waals surface area contributed by atoms with Crippen molar-refractivity contribution in [3.8, 4) is 0 Å². The lowest BCUT2D eigenvalue weighted by Crippen LogP contribution is -2.09. The van der Waals surface area contributed by atoms with Gasteiger partial charge in [0.2, 0.25) is 0 Å². The van der Waals surface area contributed by atoms with E-state index >= 15 is 0 Å². The molecule has 0 radical (unpaired) electrons. The third-order valence-electron chi connectivity index (χ3n) is 4.24. The van der Waals surface area contributed by atoms with Gasteiger partial charge in [0.25, 0.3) is 0 Å². The van der Waals surface area contributed by atoms with Crippen molar-refractivity contribution in [1.29, 1.82) is 0 Å². The zero-order valence-electron chi connectivity index (χ0n) is 11.2. The van der Waals surface area contributed by atoms with Crippen LogP contribution in [0.1, 0.15) is 71.1 Å². The zero-order valence-corrected chi connectivity index (χ0v) is 11.2. The molecule has 2 saturated carbocycles. The fourth-order valence-corrected chi connectivity index (χ4v) is 3.15. The molecule has 2 aliphatic rings. The van der Waals surface area contributed by atoms with Gasteiger partial charge in [-0.2, -0.15) is 0 Å². The van der Waals surface area contributed by atoms with Gasteiger partial charge >= 0.3 is 0 Å². The van der Waals surface area contributed by atoms with Crippen molar-refractivity contribution in [2.75, 3.05) is 0 Å². The molecular formula is C16H26O. The largest absolute Gasteiger partial charge is 0.384 e. The molecule has 1 N–H and O–H groups in total. The SMILES string of the molecule is CCCCC=C1CCC(=C2CCCCC2)C1O. The van der Waals surface area contributed by atoms with Gasteiger partial charge in [-0.25, -0.2) is 0 Å². The molecule has 1 nitrogen and oxygen atoms in total. The first-order chi connectivity index (χ1) is 8.33. The van der Waals surface area contributed by atoms with Crippen molar-refractivity contribution in [3.05, 3.63) is 22.8 Å². The lowest BCUT2D eigenvalue weighted by atomic mass is 9.89. The van der Waals surface area contributed by atoms with Crippen LogP contribution < -0.4 is 0 Å². The molecule has 0 aromatic heterocycles. The Labute approximate surface area is 106 Å². The van der Waals surface area contributed by atoms with E-state index < -0.39 is 0 Å². The summed E-state index contributed by atoms with van der Waals surface area (Å²) in [6, 6.07) is 0. The molecule has 1 heteroatoms. The highest BCUT2D eigenvalue weighted by Gasteiger charge is 2.26. The summed E-state index contributed by atoms with van der Waals surface area (Å²) in [5.74, 6) is 0. The maximum Gasteiger partial charge on any atom is 0.0963 e. The molecule has 96 valence electrons. The highest BCUT2D eigenvalue weighted by Crippen LogP contribution is 2.37. The second-order valence-corrected chi connectivity index (χ2v) is 5.51. The maximum absolute atomic E-state index is 10.4. The minimum atomic E-state index is -0.222. The minimum Gasteiger partial charge on any atom is -0.384 e. The molecule has 2 aliphatic carbocycles. The average Bonchev–Trinajstić information content (AvgIpc) is 2.73. The first-order valence-electron chi connectivity index (χ1n) is 7.40. The molecule has 0 spiro atoms. The van der Waals surface area contributed by atoms with Gasteiger partial charge in [0.15, 0.2) is 0 Å². The van der Waals surface area contributed by atoms with Gasteiger partial charge in [-0.15, -0.1) is 0 Å². The van der Waals surface area contributed by atoms with Crippen LogP contribution in [0.4, 0.5) is 0 Å². The highest BCUT2D eigenvalue weighted by molar-refractivity contribution is 5.34. The molecule has 17 heavy (non-hydrogen) atoms. The Morgan fingerprint density at radius 1 is 1.12 bits per heavy atom. The van der Waals surface area contributed by atoms with E-state index in [1.165, 1.54) is 56.1 Å². The Bertz CT molecular complexity index is 303. The van der Waals surface area contributed by atoms with Crippen LogP contribution in [0.2, 0.25) is 0 Å². The van der Waals surface area contributed by atoms with E-state index in [1.807, 2.05) is 0 Å². The first-order valence-corrected chi connectivity index (χ1v) is 7.40. The van der Waals surface area contributed by atoms with Gasteiger partial charge in [0.05, 0.1) is 6.10 Å². The number of hydrogen-bond acceptors (Lipinski definition) is 1. The van der Waals surface area contributed by atoms with Crippen molar-refractivity contribution in [1.82, 2.24) is 0 Å². The number of unbranched alkanes of at least 4 members (excludes halogenated alkanes) is 2. The van der Waals surface area contributed by atoms with Crippen LogP contribution in [0.5, 0.6) is 0 Å². The lowest BCUT2D eigenvalue weighted by molar-refractivity contribution is 0.252. The van der Waals surface area contributed by atoms with Gasteiger partial charge in [-0.1, -0.05) is 37.8 Å². The van der Waals surface area contributed by atoms with Crippen LogP contribution in [-0.2, 0) is 0 Å². The molecule has 1 atom stereocenters. The molecule has 0 aromatic rings. The second-order valence-electron chi connectivity index (χ2n) is 5.51. The van der Waals surface area contributed by atoms with E-state index in [2.05, 4.69) is 13.0 Å². The van der Waals surface area contributed by atoms with E-state index in [9.17, 15) is 5.11 Å². The van der Waals surface area contributed by atoms with E-state index in [1.54, 1.807) is 5.57 Å². The number of allylic oxidation sites excluding steroid dienone is 2. The normalized spacial score (nSPS) is 28.1. The molecule has 1 unspecified atom stereocenters. The van der Waals surface area contributed by atoms with E-state index in [0.29, 0.717) is 0 Å². The van der Waals surface area contributed by atoms with Gasteiger partial charge < -0.3 is 5.11 Å².